The van der Waals surface area contributed by atoms with Gasteiger partial charge in [0.05, 0.1) is 27.7 Å². The fourth-order valence-corrected chi connectivity index (χ4v) is 2.38. The first-order chi connectivity index (χ1) is 11.3. The SMILES string of the molecule is COc1ccc(CNc2ncnc3nc[nH]c23)c(OC)c1OC. The number of hydrogen-bond donors (Lipinski definition) is 2. The number of benzene rings is 1. The van der Waals surface area contributed by atoms with E-state index in [-0.39, 0.29) is 0 Å². The number of anilines is 1. The monoisotopic (exact) mass is 315 g/mol. The van der Waals surface area contributed by atoms with Gasteiger partial charge in [-0.3, -0.25) is 0 Å². The normalized spacial score (nSPS) is 10.6. The third-order valence-electron chi connectivity index (χ3n) is 3.45. The lowest BCUT2D eigenvalue weighted by Gasteiger charge is -2.16. The Balaban J connectivity index is 1.90. The molecule has 8 nitrogen and oxygen atoms in total. The van der Waals surface area contributed by atoms with E-state index < -0.39 is 0 Å². The number of ether oxygens (including phenoxy) is 3. The Bertz CT molecular complexity index is 818. The number of fused-ring (bicyclic) bond motifs is 1. The number of aromatic nitrogens is 4. The molecule has 0 unspecified atom stereocenters. The Kier molecular flexibility index (Phi) is 4.13. The van der Waals surface area contributed by atoms with Crippen LogP contribution in [0.2, 0.25) is 0 Å². The molecule has 2 N–H and O–H groups in total. The highest BCUT2D eigenvalue weighted by molar-refractivity contribution is 5.81. The molecule has 0 aliphatic carbocycles. The van der Waals surface area contributed by atoms with Gasteiger partial charge < -0.3 is 24.5 Å². The van der Waals surface area contributed by atoms with Crippen LogP contribution < -0.4 is 19.5 Å². The zero-order valence-electron chi connectivity index (χ0n) is 13.1. The van der Waals surface area contributed by atoms with E-state index >= 15 is 0 Å². The molecule has 3 aromatic rings. The van der Waals surface area contributed by atoms with Crippen molar-refractivity contribution < 1.29 is 14.2 Å². The second-order valence-electron chi connectivity index (χ2n) is 4.67. The first kappa shape index (κ1) is 14.9. The average Bonchev–Trinajstić information content (AvgIpc) is 3.08. The van der Waals surface area contributed by atoms with Gasteiger partial charge >= 0.3 is 0 Å². The highest BCUT2D eigenvalue weighted by atomic mass is 16.5. The summed E-state index contributed by atoms with van der Waals surface area (Å²) in [6, 6.07) is 3.75. The molecule has 2 aromatic heterocycles. The molecule has 3 rings (SSSR count). The van der Waals surface area contributed by atoms with Gasteiger partial charge in [-0.15, -0.1) is 0 Å². The molecule has 0 saturated carbocycles. The zero-order chi connectivity index (χ0) is 16.2. The van der Waals surface area contributed by atoms with Crippen LogP contribution in [0, 0.1) is 0 Å². The summed E-state index contributed by atoms with van der Waals surface area (Å²) in [5.41, 5.74) is 2.28. The fourth-order valence-electron chi connectivity index (χ4n) is 2.38. The summed E-state index contributed by atoms with van der Waals surface area (Å²) in [6.45, 7) is 0.495. The lowest BCUT2D eigenvalue weighted by Crippen LogP contribution is -2.05. The van der Waals surface area contributed by atoms with Crippen molar-refractivity contribution in [2.24, 2.45) is 0 Å². The summed E-state index contributed by atoms with van der Waals surface area (Å²) in [6.07, 6.45) is 3.05. The fraction of sp³-hybridized carbons (Fsp3) is 0.267. The minimum absolute atomic E-state index is 0.495. The van der Waals surface area contributed by atoms with E-state index in [1.807, 2.05) is 12.1 Å². The van der Waals surface area contributed by atoms with E-state index in [0.717, 1.165) is 11.1 Å². The number of hydrogen-bond acceptors (Lipinski definition) is 7. The molecular weight excluding hydrogens is 298 g/mol. The van der Waals surface area contributed by atoms with Gasteiger partial charge in [0.2, 0.25) is 5.75 Å². The number of rotatable bonds is 6. The largest absolute Gasteiger partial charge is 0.493 e. The maximum Gasteiger partial charge on any atom is 0.203 e. The van der Waals surface area contributed by atoms with Gasteiger partial charge in [0.1, 0.15) is 11.8 Å². The summed E-state index contributed by atoms with van der Waals surface area (Å²) in [5.74, 6) is 2.47. The van der Waals surface area contributed by atoms with Gasteiger partial charge in [-0.25, -0.2) is 15.0 Å². The molecule has 120 valence electrons. The van der Waals surface area contributed by atoms with Gasteiger partial charge in [-0.2, -0.15) is 0 Å². The van der Waals surface area contributed by atoms with Crippen LogP contribution in [0.5, 0.6) is 17.2 Å². The van der Waals surface area contributed by atoms with Crippen LogP contribution in [-0.2, 0) is 6.54 Å². The van der Waals surface area contributed by atoms with Crippen molar-refractivity contribution in [3.63, 3.8) is 0 Å². The van der Waals surface area contributed by atoms with Crippen molar-refractivity contribution >= 4 is 17.0 Å². The zero-order valence-corrected chi connectivity index (χ0v) is 13.1. The number of methoxy groups -OCH3 is 3. The van der Waals surface area contributed by atoms with Crippen LogP contribution in [0.4, 0.5) is 5.82 Å². The summed E-state index contributed by atoms with van der Waals surface area (Å²) in [4.78, 5) is 15.5. The third-order valence-corrected chi connectivity index (χ3v) is 3.45. The van der Waals surface area contributed by atoms with Gasteiger partial charge in [0.25, 0.3) is 0 Å². The topological polar surface area (TPSA) is 94.2 Å². The summed E-state index contributed by atoms with van der Waals surface area (Å²) >= 11 is 0. The van der Waals surface area contributed by atoms with Gasteiger partial charge in [0, 0.05) is 12.1 Å². The minimum atomic E-state index is 0.495. The molecule has 0 saturated heterocycles. The van der Waals surface area contributed by atoms with Gasteiger partial charge in [-0.1, -0.05) is 0 Å². The van der Waals surface area contributed by atoms with Crippen LogP contribution >= 0.6 is 0 Å². The predicted molar refractivity (Wildman–Crippen MR) is 85.1 cm³/mol. The van der Waals surface area contributed by atoms with Crippen LogP contribution in [0.1, 0.15) is 5.56 Å². The molecule has 0 fully saturated rings. The Morgan fingerprint density at radius 2 is 1.83 bits per heavy atom. The average molecular weight is 315 g/mol. The highest BCUT2D eigenvalue weighted by Gasteiger charge is 2.16. The van der Waals surface area contributed by atoms with Crippen molar-refractivity contribution in [1.82, 2.24) is 19.9 Å². The molecule has 0 aliphatic rings. The molecule has 0 aliphatic heterocycles. The van der Waals surface area contributed by atoms with E-state index in [2.05, 4.69) is 25.3 Å². The van der Waals surface area contributed by atoms with Crippen LogP contribution in [0.25, 0.3) is 11.2 Å². The standard InChI is InChI=1S/C15H17N5O3/c1-21-10-5-4-9(12(22-2)13(10)23-3)6-16-14-11-15(18-7-17-11)20-8-19-14/h4-5,7-8H,6H2,1-3H3,(H2,16,17,18,19,20). The summed E-state index contributed by atoms with van der Waals surface area (Å²) in [7, 11) is 4.76. The van der Waals surface area contributed by atoms with Crippen molar-refractivity contribution in [3.05, 3.63) is 30.4 Å². The summed E-state index contributed by atoms with van der Waals surface area (Å²) in [5, 5.41) is 3.25. The van der Waals surface area contributed by atoms with E-state index in [9.17, 15) is 0 Å². The molecule has 0 spiro atoms. The quantitative estimate of drug-likeness (QED) is 0.718. The van der Waals surface area contributed by atoms with Crippen molar-refractivity contribution in [1.29, 1.82) is 0 Å². The van der Waals surface area contributed by atoms with Gasteiger partial charge in [0.15, 0.2) is 23.0 Å². The van der Waals surface area contributed by atoms with Crippen molar-refractivity contribution in [2.45, 2.75) is 6.54 Å². The second kappa shape index (κ2) is 6.39. The number of aromatic amines is 1. The van der Waals surface area contributed by atoms with Gasteiger partial charge in [-0.05, 0) is 12.1 Å². The van der Waals surface area contributed by atoms with Crippen LogP contribution in [-0.4, -0.2) is 41.3 Å². The summed E-state index contributed by atoms with van der Waals surface area (Å²) < 4.78 is 16.1. The lowest BCUT2D eigenvalue weighted by atomic mass is 10.1. The number of imidazole rings is 1. The highest BCUT2D eigenvalue weighted by Crippen LogP contribution is 2.39. The molecule has 8 heteroatoms. The minimum Gasteiger partial charge on any atom is -0.493 e. The first-order valence-corrected chi connectivity index (χ1v) is 6.94. The number of nitrogens with one attached hydrogen (secondary N) is 2. The maximum absolute atomic E-state index is 5.47. The molecule has 2 heterocycles. The smallest absolute Gasteiger partial charge is 0.203 e. The van der Waals surface area contributed by atoms with Crippen LogP contribution in [0.3, 0.4) is 0 Å². The Morgan fingerprint density at radius 3 is 2.57 bits per heavy atom. The number of H-pyrrole nitrogens is 1. The van der Waals surface area contributed by atoms with Crippen molar-refractivity contribution in [3.8, 4) is 17.2 Å². The predicted octanol–water partition coefficient (Wildman–Crippen LogP) is 1.99. The maximum atomic E-state index is 5.47. The number of nitrogens with zero attached hydrogens (tertiary/aromatic N) is 3. The van der Waals surface area contributed by atoms with E-state index in [0.29, 0.717) is 35.3 Å². The second-order valence-corrected chi connectivity index (χ2v) is 4.67. The van der Waals surface area contributed by atoms with Crippen molar-refractivity contribution in [2.75, 3.05) is 26.6 Å². The molecular formula is C15H17N5O3. The molecule has 0 amide bonds. The van der Waals surface area contributed by atoms with E-state index in [1.54, 1.807) is 27.7 Å². The third kappa shape index (κ3) is 2.70. The molecule has 0 radical (unpaired) electrons. The van der Waals surface area contributed by atoms with E-state index in [1.165, 1.54) is 6.33 Å². The first-order valence-electron chi connectivity index (χ1n) is 6.94. The lowest BCUT2D eigenvalue weighted by molar-refractivity contribution is 0.322. The van der Waals surface area contributed by atoms with E-state index in [4.69, 9.17) is 14.2 Å². The molecule has 23 heavy (non-hydrogen) atoms. The molecule has 0 bridgehead atoms. The molecule has 0 atom stereocenters. The Morgan fingerprint density at radius 1 is 1.00 bits per heavy atom. The Hall–Kier alpha value is -3.03. The Labute approximate surface area is 132 Å². The molecule has 1 aromatic carbocycles. The van der Waals surface area contributed by atoms with Crippen LogP contribution in [0.15, 0.2) is 24.8 Å².